The Morgan fingerprint density at radius 1 is 1.25 bits per heavy atom. The van der Waals surface area contributed by atoms with E-state index < -0.39 is 33.3 Å². The summed E-state index contributed by atoms with van der Waals surface area (Å²) >= 11 is 0. The molecule has 0 aromatic rings. The van der Waals surface area contributed by atoms with Gasteiger partial charge in [0.05, 0.1) is 11.2 Å². The van der Waals surface area contributed by atoms with Gasteiger partial charge in [-0.15, -0.1) is 0 Å². The minimum Gasteiger partial charge on any atom is -0.212 e. The summed E-state index contributed by atoms with van der Waals surface area (Å²) in [6.07, 6.45) is -4.00. The molecule has 0 aromatic heterocycles. The van der Waals surface area contributed by atoms with Crippen LogP contribution in [0.25, 0.3) is 0 Å². The van der Waals surface area contributed by atoms with Gasteiger partial charge in [-0.25, -0.2) is 13.1 Å². The van der Waals surface area contributed by atoms with Gasteiger partial charge in [-0.2, -0.15) is 13.2 Å². The van der Waals surface area contributed by atoms with Crippen LogP contribution in [0.15, 0.2) is 0 Å². The average Bonchev–Trinajstić information content (AvgIpc) is 2.66. The van der Waals surface area contributed by atoms with Crippen molar-refractivity contribution in [1.29, 1.82) is 0 Å². The van der Waals surface area contributed by atoms with E-state index in [2.05, 4.69) is 4.72 Å². The first kappa shape index (κ1) is 10.8. The molecule has 6 atom stereocenters. The fraction of sp³-hybridized carbons (Fsp3) is 1.00. The number of fused-ring (bicyclic) bond motifs is 1. The van der Waals surface area contributed by atoms with Gasteiger partial charge in [0.2, 0.25) is 10.0 Å². The fourth-order valence-corrected chi connectivity index (χ4v) is 6.38. The highest BCUT2D eigenvalue weighted by Gasteiger charge is 2.71. The Balaban J connectivity index is 2.11. The maximum absolute atomic E-state index is 12.9. The second-order valence-electron chi connectivity index (χ2n) is 5.14. The molecule has 1 saturated heterocycles. The molecule has 2 bridgehead atoms. The van der Waals surface area contributed by atoms with Crippen LogP contribution in [0.1, 0.15) is 13.3 Å². The van der Waals surface area contributed by atoms with Gasteiger partial charge in [0, 0.05) is 6.04 Å². The Morgan fingerprint density at radius 3 is 2.44 bits per heavy atom. The van der Waals surface area contributed by atoms with Crippen molar-refractivity contribution < 1.29 is 21.6 Å². The molecule has 1 heterocycles. The fourth-order valence-electron chi connectivity index (χ4n) is 3.97. The minimum atomic E-state index is -4.40. The molecular weight excluding hydrogens is 243 g/mol. The number of alkyl halides is 3. The highest BCUT2D eigenvalue weighted by atomic mass is 32.2. The zero-order valence-corrected chi connectivity index (χ0v) is 9.35. The molecule has 1 aliphatic heterocycles. The van der Waals surface area contributed by atoms with E-state index in [-0.39, 0.29) is 17.9 Å². The highest BCUT2D eigenvalue weighted by Crippen LogP contribution is 2.61. The number of sulfonamides is 1. The smallest absolute Gasteiger partial charge is 0.212 e. The molecule has 6 unspecified atom stereocenters. The van der Waals surface area contributed by atoms with Crippen molar-refractivity contribution in [3.63, 3.8) is 0 Å². The first-order valence-electron chi connectivity index (χ1n) is 5.31. The van der Waals surface area contributed by atoms with Gasteiger partial charge in [0.1, 0.15) is 0 Å². The second kappa shape index (κ2) is 2.75. The Morgan fingerprint density at radius 2 is 1.88 bits per heavy atom. The van der Waals surface area contributed by atoms with Gasteiger partial charge in [-0.05, 0) is 24.2 Å². The maximum atomic E-state index is 12.9. The molecule has 2 aliphatic carbocycles. The molecule has 0 amide bonds. The quantitative estimate of drug-likeness (QED) is 0.705. The van der Waals surface area contributed by atoms with Crippen molar-refractivity contribution in [1.82, 2.24) is 4.72 Å². The van der Waals surface area contributed by atoms with E-state index in [4.69, 9.17) is 0 Å². The van der Waals surface area contributed by atoms with E-state index in [1.54, 1.807) is 6.92 Å². The van der Waals surface area contributed by atoms with Crippen LogP contribution in [0.4, 0.5) is 13.2 Å². The van der Waals surface area contributed by atoms with Crippen molar-refractivity contribution in [2.45, 2.75) is 30.8 Å². The van der Waals surface area contributed by atoms with Gasteiger partial charge in [-0.1, -0.05) is 6.92 Å². The Labute approximate surface area is 91.4 Å². The summed E-state index contributed by atoms with van der Waals surface area (Å²) in [6.45, 7) is 1.72. The summed E-state index contributed by atoms with van der Waals surface area (Å²) in [7, 11) is -3.77. The SMILES string of the molecule is CC1C2CC3C1NS(=O)(=O)C3C2C(F)(F)F. The zero-order chi connectivity index (χ0) is 11.9. The van der Waals surface area contributed by atoms with Gasteiger partial charge < -0.3 is 0 Å². The molecule has 0 spiro atoms. The monoisotopic (exact) mass is 255 g/mol. The molecule has 3 rings (SSSR count). The molecular formula is C9H12F3NO2S. The van der Waals surface area contributed by atoms with Gasteiger partial charge in [0.25, 0.3) is 0 Å². The van der Waals surface area contributed by atoms with Crippen LogP contribution in [0, 0.1) is 23.7 Å². The van der Waals surface area contributed by atoms with Crippen LogP contribution >= 0.6 is 0 Å². The van der Waals surface area contributed by atoms with E-state index in [1.165, 1.54) is 0 Å². The standard InChI is InChI=1S/C9H12F3NO2S/c1-3-4-2-5-7(3)13-16(14,15)8(5)6(4)9(10,11)12/h3-8,13H,2H2,1H3. The molecule has 0 radical (unpaired) electrons. The van der Waals surface area contributed by atoms with Crippen molar-refractivity contribution in [3.05, 3.63) is 0 Å². The molecule has 92 valence electrons. The lowest BCUT2D eigenvalue weighted by molar-refractivity contribution is -0.189. The highest BCUT2D eigenvalue weighted by molar-refractivity contribution is 7.90. The van der Waals surface area contributed by atoms with E-state index in [1.807, 2.05) is 0 Å². The van der Waals surface area contributed by atoms with Crippen LogP contribution in [-0.2, 0) is 10.0 Å². The van der Waals surface area contributed by atoms with Gasteiger partial charge in [-0.3, -0.25) is 0 Å². The lowest BCUT2D eigenvalue weighted by Crippen LogP contribution is -2.43. The van der Waals surface area contributed by atoms with Crippen molar-refractivity contribution in [2.24, 2.45) is 23.7 Å². The predicted molar refractivity (Wildman–Crippen MR) is 49.9 cm³/mol. The first-order valence-corrected chi connectivity index (χ1v) is 6.86. The zero-order valence-electron chi connectivity index (χ0n) is 8.53. The lowest BCUT2D eigenvalue weighted by atomic mass is 9.78. The molecule has 2 saturated carbocycles. The van der Waals surface area contributed by atoms with E-state index in [9.17, 15) is 21.6 Å². The average molecular weight is 255 g/mol. The maximum Gasteiger partial charge on any atom is 0.393 e. The number of hydrogen-bond acceptors (Lipinski definition) is 2. The molecule has 0 aromatic carbocycles. The third-order valence-electron chi connectivity index (χ3n) is 4.52. The van der Waals surface area contributed by atoms with Crippen LogP contribution in [0.5, 0.6) is 0 Å². The van der Waals surface area contributed by atoms with Gasteiger partial charge in [0.15, 0.2) is 0 Å². The molecule has 3 nitrogen and oxygen atoms in total. The van der Waals surface area contributed by atoms with Crippen molar-refractivity contribution in [2.75, 3.05) is 0 Å². The summed E-state index contributed by atoms with van der Waals surface area (Å²) in [5.41, 5.74) is 0. The predicted octanol–water partition coefficient (Wildman–Crippen LogP) is 1.12. The summed E-state index contributed by atoms with van der Waals surface area (Å²) in [6, 6.07) is -0.265. The summed E-state index contributed by atoms with van der Waals surface area (Å²) < 4.78 is 64.4. The summed E-state index contributed by atoms with van der Waals surface area (Å²) in [4.78, 5) is 0. The molecule has 7 heteroatoms. The topological polar surface area (TPSA) is 46.2 Å². The van der Waals surface area contributed by atoms with Crippen LogP contribution in [-0.4, -0.2) is 25.9 Å². The van der Waals surface area contributed by atoms with Gasteiger partial charge >= 0.3 is 6.18 Å². The molecule has 3 aliphatic rings. The van der Waals surface area contributed by atoms with E-state index >= 15 is 0 Å². The van der Waals surface area contributed by atoms with Crippen molar-refractivity contribution >= 4 is 10.0 Å². The summed E-state index contributed by atoms with van der Waals surface area (Å²) in [5.74, 6) is -2.73. The van der Waals surface area contributed by atoms with E-state index in [0.717, 1.165) is 0 Å². The lowest BCUT2D eigenvalue weighted by Gasteiger charge is -2.31. The second-order valence-corrected chi connectivity index (χ2v) is 7.01. The summed E-state index contributed by atoms with van der Waals surface area (Å²) in [5, 5.41) is -1.24. The number of rotatable bonds is 0. The number of halogens is 3. The molecule has 16 heavy (non-hydrogen) atoms. The number of hydrogen-bond donors (Lipinski definition) is 1. The third kappa shape index (κ3) is 1.11. The number of nitrogens with one attached hydrogen (secondary N) is 1. The van der Waals surface area contributed by atoms with E-state index in [0.29, 0.717) is 6.42 Å². The van der Waals surface area contributed by atoms with Crippen LogP contribution < -0.4 is 4.72 Å². The largest absolute Gasteiger partial charge is 0.393 e. The first-order chi connectivity index (χ1) is 7.23. The molecule has 3 fully saturated rings. The van der Waals surface area contributed by atoms with Crippen molar-refractivity contribution in [3.8, 4) is 0 Å². The minimum absolute atomic E-state index is 0.204. The molecule has 1 N–H and O–H groups in total. The Hall–Kier alpha value is -0.300. The Bertz CT molecular complexity index is 433. The normalized spacial score (nSPS) is 53.5. The van der Waals surface area contributed by atoms with Crippen LogP contribution in [0.2, 0.25) is 0 Å². The third-order valence-corrected chi connectivity index (χ3v) is 6.48. The Kier molecular flexibility index (Phi) is 1.86. The van der Waals surface area contributed by atoms with Crippen LogP contribution in [0.3, 0.4) is 0 Å².